The maximum atomic E-state index is 4.69. The maximum Gasteiger partial charge on any atom is 0.236 e. The van der Waals surface area contributed by atoms with Crippen molar-refractivity contribution >= 4 is 11.8 Å². The van der Waals surface area contributed by atoms with E-state index < -0.39 is 0 Å². The molecule has 0 aliphatic carbocycles. The van der Waals surface area contributed by atoms with Gasteiger partial charge in [0.05, 0.1) is 5.75 Å². The molecule has 0 saturated heterocycles. The van der Waals surface area contributed by atoms with Crippen LogP contribution in [0.2, 0.25) is 0 Å². The molecule has 0 amide bonds. The lowest BCUT2D eigenvalue weighted by Crippen LogP contribution is -1.74. The molecule has 8 heavy (non-hydrogen) atoms. The Kier molecular flexibility index (Phi) is 1.91. The largest absolute Gasteiger partial charge is 0.339 e. The third-order valence-electron chi connectivity index (χ3n) is 0.675. The molecule has 0 spiro atoms. The van der Waals surface area contributed by atoms with Crippen LogP contribution in [0.4, 0.5) is 0 Å². The SMILES string of the molecule is CSCc1ncno1. The number of rotatable bonds is 2. The minimum absolute atomic E-state index is 0.692. The molecule has 0 radical (unpaired) electrons. The van der Waals surface area contributed by atoms with Gasteiger partial charge in [-0.2, -0.15) is 16.7 Å². The first-order valence-corrected chi connectivity index (χ1v) is 3.57. The van der Waals surface area contributed by atoms with Gasteiger partial charge in [-0.05, 0) is 6.26 Å². The van der Waals surface area contributed by atoms with Gasteiger partial charge in [-0.3, -0.25) is 0 Å². The molecular weight excluding hydrogens is 124 g/mol. The maximum absolute atomic E-state index is 4.69. The second-order valence-electron chi connectivity index (χ2n) is 1.27. The van der Waals surface area contributed by atoms with Crippen molar-refractivity contribution in [2.24, 2.45) is 0 Å². The first kappa shape index (κ1) is 5.62. The van der Waals surface area contributed by atoms with Crippen molar-refractivity contribution in [1.29, 1.82) is 0 Å². The zero-order chi connectivity index (χ0) is 5.82. The van der Waals surface area contributed by atoms with E-state index in [1.807, 2.05) is 6.26 Å². The summed E-state index contributed by atoms with van der Waals surface area (Å²) in [4.78, 5) is 3.81. The van der Waals surface area contributed by atoms with E-state index in [0.717, 1.165) is 5.75 Å². The quantitative estimate of drug-likeness (QED) is 0.597. The van der Waals surface area contributed by atoms with Gasteiger partial charge in [0.1, 0.15) is 0 Å². The number of nitrogens with zero attached hydrogens (tertiary/aromatic N) is 2. The summed E-state index contributed by atoms with van der Waals surface area (Å²) in [7, 11) is 0. The summed E-state index contributed by atoms with van der Waals surface area (Å²) < 4.78 is 4.69. The molecule has 0 aliphatic heterocycles. The van der Waals surface area contributed by atoms with Crippen molar-refractivity contribution in [1.82, 2.24) is 10.1 Å². The third-order valence-corrected chi connectivity index (χ3v) is 1.21. The Balaban J connectivity index is 2.50. The molecule has 0 atom stereocenters. The summed E-state index contributed by atoms with van der Waals surface area (Å²) in [6, 6.07) is 0. The number of thioether (sulfide) groups is 1. The van der Waals surface area contributed by atoms with Crippen LogP contribution in [0, 0.1) is 0 Å². The van der Waals surface area contributed by atoms with Crippen molar-refractivity contribution in [2.45, 2.75) is 5.75 Å². The highest BCUT2D eigenvalue weighted by molar-refractivity contribution is 7.97. The molecule has 1 heterocycles. The van der Waals surface area contributed by atoms with Crippen LogP contribution in [0.15, 0.2) is 10.9 Å². The molecule has 0 unspecified atom stereocenters. The van der Waals surface area contributed by atoms with Crippen LogP contribution in [0.3, 0.4) is 0 Å². The summed E-state index contributed by atoms with van der Waals surface area (Å²) in [6.45, 7) is 0. The van der Waals surface area contributed by atoms with Crippen LogP contribution < -0.4 is 0 Å². The highest BCUT2D eigenvalue weighted by atomic mass is 32.2. The summed E-state index contributed by atoms with van der Waals surface area (Å²) >= 11 is 1.66. The van der Waals surface area contributed by atoms with Crippen molar-refractivity contribution in [3.05, 3.63) is 12.2 Å². The molecule has 1 rings (SSSR count). The first-order chi connectivity index (χ1) is 3.93. The van der Waals surface area contributed by atoms with E-state index in [4.69, 9.17) is 4.52 Å². The molecule has 4 heteroatoms. The normalized spacial score (nSPS) is 9.62. The highest BCUT2D eigenvalue weighted by Crippen LogP contribution is 2.02. The Morgan fingerprint density at radius 3 is 3.25 bits per heavy atom. The Labute approximate surface area is 51.5 Å². The van der Waals surface area contributed by atoms with Crippen molar-refractivity contribution in [3.63, 3.8) is 0 Å². The fourth-order valence-electron chi connectivity index (χ4n) is 0.383. The van der Waals surface area contributed by atoms with Gasteiger partial charge in [0.2, 0.25) is 5.89 Å². The van der Waals surface area contributed by atoms with E-state index >= 15 is 0 Å². The van der Waals surface area contributed by atoms with E-state index in [9.17, 15) is 0 Å². The van der Waals surface area contributed by atoms with Crippen LogP contribution >= 0.6 is 11.8 Å². The lowest BCUT2D eigenvalue weighted by molar-refractivity contribution is 0.390. The number of hydrogen-bond acceptors (Lipinski definition) is 4. The van der Waals surface area contributed by atoms with Crippen LogP contribution in [0.25, 0.3) is 0 Å². The molecule has 0 aromatic carbocycles. The topological polar surface area (TPSA) is 38.9 Å². The number of hydrogen-bond donors (Lipinski definition) is 0. The molecule has 0 N–H and O–H groups in total. The summed E-state index contributed by atoms with van der Waals surface area (Å²) in [5, 5.41) is 3.44. The average molecular weight is 130 g/mol. The van der Waals surface area contributed by atoms with Gasteiger partial charge < -0.3 is 4.52 Å². The van der Waals surface area contributed by atoms with Crippen molar-refractivity contribution < 1.29 is 4.52 Å². The van der Waals surface area contributed by atoms with Gasteiger partial charge >= 0.3 is 0 Å². The Morgan fingerprint density at radius 2 is 2.75 bits per heavy atom. The van der Waals surface area contributed by atoms with Crippen molar-refractivity contribution in [2.75, 3.05) is 6.26 Å². The molecule has 0 saturated carbocycles. The lowest BCUT2D eigenvalue weighted by atomic mass is 10.8. The predicted octanol–water partition coefficient (Wildman–Crippen LogP) is 0.933. The molecule has 1 aromatic heterocycles. The number of aromatic nitrogens is 2. The van der Waals surface area contributed by atoms with Crippen LogP contribution in [-0.4, -0.2) is 16.4 Å². The molecule has 0 aliphatic rings. The second kappa shape index (κ2) is 2.71. The van der Waals surface area contributed by atoms with Crippen LogP contribution in [-0.2, 0) is 5.75 Å². The van der Waals surface area contributed by atoms with E-state index in [1.165, 1.54) is 6.33 Å². The van der Waals surface area contributed by atoms with Gasteiger partial charge in [-0.1, -0.05) is 5.16 Å². The standard InChI is InChI=1S/C4H6N2OS/c1-8-2-4-5-3-6-7-4/h3H,2H2,1H3. The lowest BCUT2D eigenvalue weighted by Gasteiger charge is -1.82. The minimum Gasteiger partial charge on any atom is -0.339 e. The van der Waals surface area contributed by atoms with Gasteiger partial charge in [0.25, 0.3) is 0 Å². The monoisotopic (exact) mass is 130 g/mol. The third kappa shape index (κ3) is 1.23. The van der Waals surface area contributed by atoms with E-state index in [0.29, 0.717) is 5.89 Å². The first-order valence-electron chi connectivity index (χ1n) is 2.18. The van der Waals surface area contributed by atoms with Crippen LogP contribution in [0.1, 0.15) is 5.89 Å². The van der Waals surface area contributed by atoms with E-state index in [2.05, 4.69) is 10.1 Å². The molecular formula is C4H6N2OS. The van der Waals surface area contributed by atoms with E-state index in [-0.39, 0.29) is 0 Å². The van der Waals surface area contributed by atoms with Crippen molar-refractivity contribution in [3.8, 4) is 0 Å². The van der Waals surface area contributed by atoms with Crippen LogP contribution in [0.5, 0.6) is 0 Å². The summed E-state index contributed by atoms with van der Waals surface area (Å²) in [6.07, 6.45) is 3.40. The Bertz CT molecular complexity index is 140. The molecule has 0 fully saturated rings. The zero-order valence-corrected chi connectivity index (χ0v) is 5.31. The molecule has 1 aromatic rings. The van der Waals surface area contributed by atoms with Gasteiger partial charge in [-0.15, -0.1) is 0 Å². The molecule has 3 nitrogen and oxygen atoms in total. The summed E-state index contributed by atoms with van der Waals surface area (Å²) in [5.74, 6) is 1.50. The fourth-order valence-corrected chi connectivity index (χ4v) is 0.757. The Morgan fingerprint density at radius 1 is 1.88 bits per heavy atom. The smallest absolute Gasteiger partial charge is 0.236 e. The fraction of sp³-hybridized carbons (Fsp3) is 0.500. The predicted molar refractivity (Wildman–Crippen MR) is 31.5 cm³/mol. The minimum atomic E-state index is 0.692. The second-order valence-corrected chi connectivity index (χ2v) is 2.13. The highest BCUT2D eigenvalue weighted by Gasteiger charge is 1.93. The summed E-state index contributed by atoms with van der Waals surface area (Å²) in [5.41, 5.74) is 0. The molecule has 0 bridgehead atoms. The zero-order valence-electron chi connectivity index (χ0n) is 4.50. The molecule has 44 valence electrons. The van der Waals surface area contributed by atoms with Gasteiger partial charge in [0.15, 0.2) is 6.33 Å². The van der Waals surface area contributed by atoms with Gasteiger partial charge in [-0.25, -0.2) is 0 Å². The Hall–Kier alpha value is -0.510. The van der Waals surface area contributed by atoms with E-state index in [1.54, 1.807) is 11.8 Å². The van der Waals surface area contributed by atoms with Gasteiger partial charge in [0, 0.05) is 0 Å². The average Bonchev–Trinajstić information content (AvgIpc) is 2.19.